The second kappa shape index (κ2) is 9.82. The van der Waals surface area contributed by atoms with Crippen LogP contribution in [0.4, 0.5) is 11.4 Å². The smallest absolute Gasteiger partial charge is 0.274 e. The fourth-order valence-electron chi connectivity index (χ4n) is 5.17. The van der Waals surface area contributed by atoms with Crippen molar-refractivity contribution in [1.82, 2.24) is 4.98 Å². The zero-order valence-electron chi connectivity index (χ0n) is 20.9. The average Bonchev–Trinajstić information content (AvgIpc) is 3.51. The molecule has 1 aliphatic heterocycles. The van der Waals surface area contributed by atoms with Gasteiger partial charge in [0.2, 0.25) is 5.75 Å². The normalized spacial score (nSPS) is 14.8. The van der Waals surface area contributed by atoms with Gasteiger partial charge in [-0.05, 0) is 35.6 Å². The number of hydrogen-bond acceptors (Lipinski definition) is 5. The molecule has 0 spiro atoms. The van der Waals surface area contributed by atoms with Crippen LogP contribution in [0.1, 0.15) is 35.3 Å². The summed E-state index contributed by atoms with van der Waals surface area (Å²) in [6, 6.07) is 14.1. The van der Waals surface area contributed by atoms with Gasteiger partial charge in [0.05, 0.1) is 32.5 Å². The highest BCUT2D eigenvalue weighted by atomic mass is 35.5. The van der Waals surface area contributed by atoms with E-state index in [0.29, 0.717) is 40.9 Å². The minimum atomic E-state index is -0.128. The number of anilines is 2. The summed E-state index contributed by atoms with van der Waals surface area (Å²) in [7, 11) is 4.70. The zero-order chi connectivity index (χ0) is 25.4. The molecule has 3 aromatic carbocycles. The van der Waals surface area contributed by atoms with Crippen LogP contribution in [-0.4, -0.2) is 51.2 Å². The van der Waals surface area contributed by atoms with Gasteiger partial charge in [0, 0.05) is 41.3 Å². The van der Waals surface area contributed by atoms with Crippen LogP contribution in [0.2, 0.25) is 0 Å². The molecule has 2 N–H and O–H groups in total. The molecule has 0 saturated carbocycles. The number of methoxy groups -OCH3 is 3. The van der Waals surface area contributed by atoms with Crippen LogP contribution < -0.4 is 24.4 Å². The standard InChI is InChI=1S/C28H30ClN3O4/c1-5-10-30-20-13-22-24(19-9-7-6-8-18(19)20)17(14-29)15-32(22)28(33)21-11-16-12-23(34-2)26(35-3)27(36-4)25(16)31-21/h6-9,11-13,17,30-31H,5,10,14-15H2,1-4H3. The van der Waals surface area contributed by atoms with Gasteiger partial charge in [-0.2, -0.15) is 0 Å². The molecule has 188 valence electrons. The summed E-state index contributed by atoms with van der Waals surface area (Å²) >= 11 is 6.44. The first kappa shape index (κ1) is 24.1. The van der Waals surface area contributed by atoms with Crippen LogP contribution in [0.5, 0.6) is 17.2 Å². The molecule has 0 radical (unpaired) electrons. The molecule has 1 unspecified atom stereocenters. The minimum Gasteiger partial charge on any atom is -0.493 e. The third-order valence-corrected chi connectivity index (χ3v) is 7.19. The number of rotatable bonds is 8. The number of H-pyrrole nitrogens is 1. The maximum atomic E-state index is 13.9. The number of nitrogens with one attached hydrogen (secondary N) is 2. The van der Waals surface area contributed by atoms with E-state index in [0.717, 1.165) is 46.1 Å². The number of amides is 1. The summed E-state index contributed by atoms with van der Waals surface area (Å²) in [4.78, 5) is 19.0. The quantitative estimate of drug-likeness (QED) is 0.280. The molecule has 1 aromatic heterocycles. The number of alkyl halides is 1. The Morgan fingerprint density at radius 1 is 1.08 bits per heavy atom. The Balaban J connectivity index is 1.64. The minimum absolute atomic E-state index is 0.0369. The van der Waals surface area contributed by atoms with Crippen LogP contribution in [0.25, 0.3) is 21.7 Å². The van der Waals surface area contributed by atoms with Gasteiger partial charge in [0.25, 0.3) is 5.91 Å². The molecule has 1 atom stereocenters. The van der Waals surface area contributed by atoms with Crippen LogP contribution in [0, 0.1) is 0 Å². The Kier molecular flexibility index (Phi) is 6.58. The summed E-state index contributed by atoms with van der Waals surface area (Å²) in [6.45, 7) is 3.50. The van der Waals surface area contributed by atoms with Gasteiger partial charge in [-0.25, -0.2) is 0 Å². The third-order valence-electron chi connectivity index (χ3n) is 6.81. The zero-order valence-corrected chi connectivity index (χ0v) is 21.7. The lowest BCUT2D eigenvalue weighted by Crippen LogP contribution is -2.30. The van der Waals surface area contributed by atoms with E-state index in [1.807, 2.05) is 29.2 Å². The van der Waals surface area contributed by atoms with E-state index in [1.54, 1.807) is 21.3 Å². The molecule has 4 aromatic rings. The molecule has 0 bridgehead atoms. The molecule has 0 fully saturated rings. The van der Waals surface area contributed by atoms with Crippen molar-refractivity contribution in [1.29, 1.82) is 0 Å². The monoisotopic (exact) mass is 507 g/mol. The van der Waals surface area contributed by atoms with Gasteiger partial charge in [0.15, 0.2) is 11.5 Å². The summed E-state index contributed by atoms with van der Waals surface area (Å²) in [5.74, 6) is 1.83. The topological polar surface area (TPSA) is 75.8 Å². The Labute approximate surface area is 215 Å². The molecular formula is C28H30ClN3O4. The number of nitrogens with zero attached hydrogens (tertiary/aromatic N) is 1. The number of carbonyl (C=O) groups excluding carboxylic acids is 1. The Morgan fingerprint density at radius 3 is 2.50 bits per heavy atom. The van der Waals surface area contributed by atoms with Gasteiger partial charge < -0.3 is 29.4 Å². The van der Waals surface area contributed by atoms with Crippen LogP contribution in [0.15, 0.2) is 42.5 Å². The van der Waals surface area contributed by atoms with Crippen molar-refractivity contribution < 1.29 is 19.0 Å². The van der Waals surface area contributed by atoms with E-state index in [-0.39, 0.29) is 11.8 Å². The van der Waals surface area contributed by atoms with Crippen molar-refractivity contribution >= 4 is 50.6 Å². The molecule has 0 aliphatic carbocycles. The SMILES string of the molecule is CCCNc1cc2c(c3ccccc13)C(CCl)CN2C(=O)c1cc2cc(OC)c(OC)c(OC)c2[nH]1. The molecule has 1 aliphatic rings. The van der Waals surface area contributed by atoms with Gasteiger partial charge in [0.1, 0.15) is 5.69 Å². The summed E-state index contributed by atoms with van der Waals surface area (Å²) in [5, 5.41) is 6.60. The van der Waals surface area contributed by atoms with E-state index < -0.39 is 0 Å². The van der Waals surface area contributed by atoms with E-state index in [4.69, 9.17) is 25.8 Å². The fraction of sp³-hybridized carbons (Fsp3) is 0.321. The van der Waals surface area contributed by atoms with Gasteiger partial charge in [-0.3, -0.25) is 4.79 Å². The second-order valence-electron chi connectivity index (χ2n) is 8.89. The maximum absolute atomic E-state index is 13.9. The molecule has 7 nitrogen and oxygen atoms in total. The highest BCUT2D eigenvalue weighted by molar-refractivity contribution is 6.19. The first-order chi connectivity index (χ1) is 17.6. The van der Waals surface area contributed by atoms with Crippen molar-refractivity contribution in [2.24, 2.45) is 0 Å². The molecular weight excluding hydrogens is 478 g/mol. The van der Waals surface area contributed by atoms with Crippen molar-refractivity contribution in [3.63, 3.8) is 0 Å². The van der Waals surface area contributed by atoms with Crippen LogP contribution >= 0.6 is 11.6 Å². The number of halogens is 1. The fourth-order valence-corrected chi connectivity index (χ4v) is 5.43. The molecule has 1 amide bonds. The van der Waals surface area contributed by atoms with E-state index >= 15 is 0 Å². The van der Waals surface area contributed by atoms with Crippen molar-refractivity contribution in [2.45, 2.75) is 19.3 Å². The number of aromatic nitrogens is 1. The van der Waals surface area contributed by atoms with Crippen LogP contribution in [0.3, 0.4) is 0 Å². The lowest BCUT2D eigenvalue weighted by molar-refractivity contribution is 0.0984. The Bertz CT molecular complexity index is 1450. The summed E-state index contributed by atoms with van der Waals surface area (Å²) < 4.78 is 16.6. The molecule has 36 heavy (non-hydrogen) atoms. The molecule has 5 rings (SSSR count). The van der Waals surface area contributed by atoms with E-state index in [1.165, 1.54) is 0 Å². The first-order valence-electron chi connectivity index (χ1n) is 12.0. The van der Waals surface area contributed by atoms with Gasteiger partial charge in [-0.15, -0.1) is 11.6 Å². The molecule has 2 heterocycles. The number of benzene rings is 3. The molecule has 8 heteroatoms. The summed E-state index contributed by atoms with van der Waals surface area (Å²) in [6.07, 6.45) is 1.00. The van der Waals surface area contributed by atoms with E-state index in [9.17, 15) is 4.79 Å². The third kappa shape index (κ3) is 3.78. The number of carbonyl (C=O) groups is 1. The van der Waals surface area contributed by atoms with Crippen LogP contribution in [-0.2, 0) is 0 Å². The highest BCUT2D eigenvalue weighted by Gasteiger charge is 2.35. The lowest BCUT2D eigenvalue weighted by atomic mass is 9.95. The predicted molar refractivity (Wildman–Crippen MR) is 146 cm³/mol. The number of hydrogen-bond donors (Lipinski definition) is 2. The predicted octanol–water partition coefficient (Wildman–Crippen LogP) is 6.15. The van der Waals surface area contributed by atoms with Gasteiger partial charge >= 0.3 is 0 Å². The number of fused-ring (bicyclic) bond motifs is 4. The molecule has 0 saturated heterocycles. The second-order valence-corrected chi connectivity index (χ2v) is 9.20. The lowest BCUT2D eigenvalue weighted by Gasteiger charge is -2.19. The van der Waals surface area contributed by atoms with Crippen molar-refractivity contribution in [3.8, 4) is 17.2 Å². The maximum Gasteiger partial charge on any atom is 0.274 e. The summed E-state index contributed by atoms with van der Waals surface area (Å²) in [5.41, 5.74) is 4.16. The number of ether oxygens (including phenoxy) is 3. The van der Waals surface area contributed by atoms with Gasteiger partial charge in [-0.1, -0.05) is 31.2 Å². The van der Waals surface area contributed by atoms with Crippen molar-refractivity contribution in [2.75, 3.05) is 50.5 Å². The first-order valence-corrected chi connectivity index (χ1v) is 12.6. The number of aromatic amines is 1. The largest absolute Gasteiger partial charge is 0.493 e. The van der Waals surface area contributed by atoms with Crippen molar-refractivity contribution in [3.05, 3.63) is 53.7 Å². The highest BCUT2D eigenvalue weighted by Crippen LogP contribution is 2.46. The van der Waals surface area contributed by atoms with E-state index in [2.05, 4.69) is 35.4 Å². The Hall–Kier alpha value is -3.58. The Morgan fingerprint density at radius 2 is 1.83 bits per heavy atom. The average molecular weight is 508 g/mol.